The molecule has 0 unspecified atom stereocenters. The summed E-state index contributed by atoms with van der Waals surface area (Å²) < 4.78 is 12.7. The van der Waals surface area contributed by atoms with E-state index in [4.69, 9.17) is 0 Å². The van der Waals surface area contributed by atoms with Crippen molar-refractivity contribution in [1.82, 2.24) is 4.98 Å². The summed E-state index contributed by atoms with van der Waals surface area (Å²) in [6.07, 6.45) is 0.841. The van der Waals surface area contributed by atoms with E-state index in [0.29, 0.717) is 12.2 Å². The fraction of sp³-hybridized carbons (Fsp3) is 0.333. The summed E-state index contributed by atoms with van der Waals surface area (Å²) in [7, 11) is 0. The molecule has 2 rings (SSSR count). The normalized spacial score (nSPS) is 16.3. The highest BCUT2D eigenvalue weighted by atomic mass is 32.1. The molecule has 0 spiro atoms. The molecule has 4 heteroatoms. The number of aliphatic imine (C=N–C) groups is 1. The topological polar surface area (TPSA) is 25.2 Å². The van der Waals surface area contributed by atoms with Crippen LogP contribution >= 0.6 is 11.3 Å². The van der Waals surface area contributed by atoms with Gasteiger partial charge in [0.05, 0.1) is 5.51 Å². The number of thiazole rings is 1. The number of halogens is 1. The average Bonchev–Trinajstić information content (AvgIpc) is 2.36. The maximum absolute atomic E-state index is 12.7. The molecule has 0 radical (unpaired) electrons. The maximum atomic E-state index is 12.7. The quantitative estimate of drug-likeness (QED) is 0.557. The lowest BCUT2D eigenvalue weighted by Gasteiger charge is -2.02. The molecule has 0 aliphatic carbocycles. The van der Waals surface area contributed by atoms with Crippen LogP contribution in [0.25, 0.3) is 0 Å². The van der Waals surface area contributed by atoms with Crippen molar-refractivity contribution in [2.75, 3.05) is 6.54 Å². The van der Waals surface area contributed by atoms with Crippen LogP contribution in [0.3, 0.4) is 0 Å². The first-order valence-corrected chi connectivity index (χ1v) is 3.88. The van der Waals surface area contributed by atoms with Crippen molar-refractivity contribution >= 4 is 17.3 Å². The summed E-state index contributed by atoms with van der Waals surface area (Å²) in [5.74, 6) is -0.400. The van der Waals surface area contributed by atoms with E-state index in [-0.39, 0.29) is 0 Å². The van der Waals surface area contributed by atoms with Gasteiger partial charge in [-0.15, -0.1) is 11.3 Å². The van der Waals surface area contributed by atoms with Gasteiger partial charge in [0.15, 0.2) is 0 Å². The third-order valence-electron chi connectivity index (χ3n) is 1.43. The third kappa shape index (κ3) is 0.759. The summed E-state index contributed by atoms with van der Waals surface area (Å²) in [4.78, 5) is 8.51. The molecule has 0 N–H and O–H groups in total. The van der Waals surface area contributed by atoms with E-state index >= 15 is 0 Å². The van der Waals surface area contributed by atoms with Gasteiger partial charge in [-0.2, -0.15) is 4.39 Å². The Bertz CT molecular complexity index is 279. The SMILES string of the molecule is FC1=NCCc2scnc21. The Labute approximate surface area is 61.4 Å². The molecule has 1 aliphatic heterocycles. The fourth-order valence-corrected chi connectivity index (χ4v) is 1.69. The van der Waals surface area contributed by atoms with Gasteiger partial charge in [-0.1, -0.05) is 0 Å². The van der Waals surface area contributed by atoms with Crippen LogP contribution in [0.5, 0.6) is 0 Å². The van der Waals surface area contributed by atoms with Crippen LogP contribution in [0.4, 0.5) is 4.39 Å². The summed E-state index contributed by atoms with van der Waals surface area (Å²) >= 11 is 1.50. The first-order valence-electron chi connectivity index (χ1n) is 3.00. The summed E-state index contributed by atoms with van der Waals surface area (Å²) in [6.45, 7) is 0.570. The highest BCUT2D eigenvalue weighted by molar-refractivity contribution is 7.10. The molecule has 1 aliphatic rings. The second kappa shape index (κ2) is 2.12. The lowest BCUT2D eigenvalue weighted by molar-refractivity contribution is 0.766. The predicted octanol–water partition coefficient (Wildman–Crippen LogP) is 1.42. The van der Waals surface area contributed by atoms with Crippen LogP contribution in [0, 0.1) is 0 Å². The van der Waals surface area contributed by atoms with Crippen molar-refractivity contribution < 1.29 is 4.39 Å². The van der Waals surface area contributed by atoms with Crippen molar-refractivity contribution in [2.24, 2.45) is 4.99 Å². The minimum absolute atomic E-state index is 0.400. The van der Waals surface area contributed by atoms with E-state index in [9.17, 15) is 4.39 Å². The molecule has 0 aromatic carbocycles. The first-order chi connectivity index (χ1) is 4.88. The van der Waals surface area contributed by atoms with E-state index in [1.165, 1.54) is 11.3 Å². The minimum atomic E-state index is -0.400. The Hall–Kier alpha value is -0.770. The number of fused-ring (bicyclic) bond motifs is 1. The van der Waals surface area contributed by atoms with E-state index in [0.717, 1.165) is 11.3 Å². The molecule has 0 bridgehead atoms. The first kappa shape index (κ1) is 5.97. The molecule has 0 fully saturated rings. The Morgan fingerprint density at radius 2 is 2.50 bits per heavy atom. The van der Waals surface area contributed by atoms with Gasteiger partial charge in [-0.3, -0.25) is 4.99 Å². The number of rotatable bonds is 0. The molecule has 2 nitrogen and oxygen atoms in total. The zero-order valence-corrected chi connectivity index (χ0v) is 5.99. The zero-order chi connectivity index (χ0) is 6.97. The van der Waals surface area contributed by atoms with Crippen LogP contribution in [0.1, 0.15) is 10.6 Å². The van der Waals surface area contributed by atoms with Gasteiger partial charge in [0.25, 0.3) is 0 Å². The smallest absolute Gasteiger partial charge is 0.235 e. The lowest BCUT2D eigenvalue weighted by atomic mass is 10.2. The predicted molar refractivity (Wildman–Crippen MR) is 38.3 cm³/mol. The highest BCUT2D eigenvalue weighted by Crippen LogP contribution is 2.18. The van der Waals surface area contributed by atoms with Crippen LogP contribution in [-0.4, -0.2) is 17.5 Å². The standard InChI is InChI=1S/C6H5FN2S/c7-6-5-4(1-2-8-6)10-3-9-5/h3H,1-2H2. The van der Waals surface area contributed by atoms with Crippen LogP contribution < -0.4 is 0 Å². The Kier molecular flexibility index (Phi) is 1.27. The van der Waals surface area contributed by atoms with Gasteiger partial charge in [0, 0.05) is 17.8 Å². The number of hydrogen-bond donors (Lipinski definition) is 0. The number of aromatic nitrogens is 1. The van der Waals surface area contributed by atoms with E-state index < -0.39 is 5.97 Å². The summed E-state index contributed by atoms with van der Waals surface area (Å²) in [6, 6.07) is 0. The Morgan fingerprint density at radius 1 is 1.60 bits per heavy atom. The highest BCUT2D eigenvalue weighted by Gasteiger charge is 2.15. The van der Waals surface area contributed by atoms with Gasteiger partial charge >= 0.3 is 0 Å². The Balaban J connectivity index is 2.55. The van der Waals surface area contributed by atoms with Crippen molar-refractivity contribution in [2.45, 2.75) is 6.42 Å². The molecule has 1 aromatic heterocycles. The van der Waals surface area contributed by atoms with E-state index in [1.807, 2.05) is 0 Å². The fourth-order valence-electron chi connectivity index (χ4n) is 0.947. The summed E-state index contributed by atoms with van der Waals surface area (Å²) in [5, 5.41) is 0. The van der Waals surface area contributed by atoms with Crippen molar-refractivity contribution in [3.8, 4) is 0 Å². The molecule has 10 heavy (non-hydrogen) atoms. The van der Waals surface area contributed by atoms with Crippen LogP contribution in [0.15, 0.2) is 10.5 Å². The van der Waals surface area contributed by atoms with E-state index in [2.05, 4.69) is 9.98 Å². The Morgan fingerprint density at radius 3 is 3.30 bits per heavy atom. The molecule has 0 saturated heterocycles. The minimum Gasteiger partial charge on any atom is -0.256 e. The molecular formula is C6H5FN2S. The molecule has 0 amide bonds. The zero-order valence-electron chi connectivity index (χ0n) is 5.17. The van der Waals surface area contributed by atoms with Gasteiger partial charge in [0.1, 0.15) is 5.69 Å². The second-order valence-electron chi connectivity index (χ2n) is 2.05. The lowest BCUT2D eigenvalue weighted by Crippen LogP contribution is -2.06. The number of hydrogen-bond acceptors (Lipinski definition) is 3. The van der Waals surface area contributed by atoms with Crippen LogP contribution in [-0.2, 0) is 6.42 Å². The molecule has 1 aromatic rings. The molecule has 2 heterocycles. The van der Waals surface area contributed by atoms with Crippen molar-refractivity contribution in [3.63, 3.8) is 0 Å². The monoisotopic (exact) mass is 156 g/mol. The van der Waals surface area contributed by atoms with Crippen LogP contribution in [0.2, 0.25) is 0 Å². The second-order valence-corrected chi connectivity index (χ2v) is 2.99. The maximum Gasteiger partial charge on any atom is 0.235 e. The third-order valence-corrected chi connectivity index (χ3v) is 2.32. The largest absolute Gasteiger partial charge is 0.256 e. The molecule has 0 atom stereocenters. The van der Waals surface area contributed by atoms with Crippen molar-refractivity contribution in [1.29, 1.82) is 0 Å². The molecule has 0 saturated carbocycles. The molecular weight excluding hydrogens is 151 g/mol. The average molecular weight is 156 g/mol. The summed E-state index contributed by atoms with van der Waals surface area (Å²) in [5.41, 5.74) is 2.11. The van der Waals surface area contributed by atoms with Gasteiger partial charge < -0.3 is 0 Å². The van der Waals surface area contributed by atoms with Crippen molar-refractivity contribution in [3.05, 3.63) is 16.1 Å². The van der Waals surface area contributed by atoms with Gasteiger partial charge in [-0.05, 0) is 0 Å². The van der Waals surface area contributed by atoms with Gasteiger partial charge in [-0.25, -0.2) is 4.98 Å². The molecule has 52 valence electrons. The van der Waals surface area contributed by atoms with E-state index in [1.54, 1.807) is 5.51 Å². The van der Waals surface area contributed by atoms with Gasteiger partial charge in [0.2, 0.25) is 5.97 Å². The number of nitrogens with zero attached hydrogens (tertiary/aromatic N) is 2.